The van der Waals surface area contributed by atoms with Crippen LogP contribution >= 0.6 is 0 Å². The minimum atomic E-state index is 0.558. The molecule has 0 saturated carbocycles. The van der Waals surface area contributed by atoms with Gasteiger partial charge >= 0.3 is 0 Å². The highest BCUT2D eigenvalue weighted by atomic mass is 16.5. The summed E-state index contributed by atoms with van der Waals surface area (Å²) < 4.78 is 11.5. The van der Waals surface area contributed by atoms with E-state index in [9.17, 15) is 4.79 Å². The van der Waals surface area contributed by atoms with E-state index in [1.54, 1.807) is 12.1 Å². The zero-order valence-electron chi connectivity index (χ0n) is 13.7. The Morgan fingerprint density at radius 1 is 1.23 bits per heavy atom. The molecule has 1 unspecified atom stereocenters. The predicted octanol–water partition coefficient (Wildman–Crippen LogP) is 3.54. The summed E-state index contributed by atoms with van der Waals surface area (Å²) in [6, 6.07) is 6.02. The van der Waals surface area contributed by atoms with Gasteiger partial charge in [-0.25, -0.2) is 0 Å². The number of nitrogens with zero attached hydrogens (tertiary/aromatic N) is 1. The molecule has 0 bridgehead atoms. The lowest BCUT2D eigenvalue weighted by atomic mass is 10.0. The minimum Gasteiger partial charge on any atom is -0.490 e. The first-order valence-electron chi connectivity index (χ1n) is 8.37. The Morgan fingerprint density at radius 3 is 2.82 bits per heavy atom. The molecule has 0 N–H and O–H groups in total. The number of ether oxygens (including phenoxy) is 2. The smallest absolute Gasteiger partial charge is 0.161 e. The number of carbonyl (C=O) groups excluding carboxylic acids is 1. The van der Waals surface area contributed by atoms with E-state index in [4.69, 9.17) is 9.47 Å². The van der Waals surface area contributed by atoms with Gasteiger partial charge in [0.25, 0.3) is 0 Å². The van der Waals surface area contributed by atoms with Crippen molar-refractivity contribution < 1.29 is 14.3 Å². The van der Waals surface area contributed by atoms with Gasteiger partial charge in [0.1, 0.15) is 12.9 Å². The molecule has 1 saturated heterocycles. The zero-order chi connectivity index (χ0) is 15.8. The maximum Gasteiger partial charge on any atom is 0.161 e. The second-order valence-electron chi connectivity index (χ2n) is 5.70. The lowest BCUT2D eigenvalue weighted by molar-refractivity contribution is 0.112. The third-order valence-corrected chi connectivity index (χ3v) is 4.26. The van der Waals surface area contributed by atoms with Gasteiger partial charge in [-0.15, -0.1) is 0 Å². The van der Waals surface area contributed by atoms with Gasteiger partial charge in [-0.05, 0) is 50.9 Å². The summed E-state index contributed by atoms with van der Waals surface area (Å²) in [5, 5.41) is 0. The first-order valence-corrected chi connectivity index (χ1v) is 8.37. The molecule has 0 aliphatic carbocycles. The molecule has 1 heterocycles. The molecular weight excluding hydrogens is 278 g/mol. The van der Waals surface area contributed by atoms with Crippen molar-refractivity contribution in [2.75, 3.05) is 26.3 Å². The van der Waals surface area contributed by atoms with Crippen LogP contribution in [-0.4, -0.2) is 43.5 Å². The van der Waals surface area contributed by atoms with E-state index < -0.39 is 0 Å². The number of piperidine rings is 1. The fourth-order valence-electron chi connectivity index (χ4n) is 3.08. The molecule has 22 heavy (non-hydrogen) atoms. The summed E-state index contributed by atoms with van der Waals surface area (Å²) in [4.78, 5) is 13.4. The maximum absolute atomic E-state index is 10.9. The van der Waals surface area contributed by atoms with Gasteiger partial charge < -0.3 is 9.47 Å². The summed E-state index contributed by atoms with van der Waals surface area (Å²) in [6.45, 7) is 7.51. The Bertz CT molecular complexity index is 475. The maximum atomic E-state index is 10.9. The normalized spacial score (nSPS) is 18.9. The van der Waals surface area contributed by atoms with E-state index in [0.717, 1.165) is 18.6 Å². The highest BCUT2D eigenvalue weighted by molar-refractivity contribution is 5.76. The van der Waals surface area contributed by atoms with Crippen molar-refractivity contribution in [1.82, 2.24) is 4.90 Å². The Hall–Kier alpha value is -1.55. The fourth-order valence-corrected chi connectivity index (χ4v) is 3.08. The SMILES string of the molecule is CCOc1cc(C=O)ccc1OCCN1CCCCC1CC. The monoisotopic (exact) mass is 305 g/mol. The number of hydrogen-bond donors (Lipinski definition) is 0. The molecule has 4 heteroatoms. The molecule has 1 aromatic rings. The van der Waals surface area contributed by atoms with Crippen LogP contribution in [0.1, 0.15) is 49.9 Å². The molecule has 1 aliphatic heterocycles. The average molecular weight is 305 g/mol. The highest BCUT2D eigenvalue weighted by Gasteiger charge is 2.20. The van der Waals surface area contributed by atoms with E-state index in [2.05, 4.69) is 11.8 Å². The van der Waals surface area contributed by atoms with Crippen molar-refractivity contribution in [2.24, 2.45) is 0 Å². The van der Waals surface area contributed by atoms with E-state index in [-0.39, 0.29) is 0 Å². The van der Waals surface area contributed by atoms with Crippen LogP contribution in [0.4, 0.5) is 0 Å². The highest BCUT2D eigenvalue weighted by Crippen LogP contribution is 2.28. The third-order valence-electron chi connectivity index (χ3n) is 4.26. The van der Waals surface area contributed by atoms with Crippen molar-refractivity contribution in [1.29, 1.82) is 0 Å². The Kier molecular flexibility index (Phi) is 6.72. The van der Waals surface area contributed by atoms with Gasteiger partial charge in [-0.3, -0.25) is 9.69 Å². The van der Waals surface area contributed by atoms with E-state index in [1.165, 1.54) is 32.2 Å². The van der Waals surface area contributed by atoms with Crippen LogP contribution in [0.5, 0.6) is 11.5 Å². The number of benzene rings is 1. The van der Waals surface area contributed by atoms with Crippen LogP contribution in [0, 0.1) is 0 Å². The van der Waals surface area contributed by atoms with Gasteiger partial charge in [0.2, 0.25) is 0 Å². The molecule has 0 aromatic heterocycles. The largest absolute Gasteiger partial charge is 0.490 e. The fraction of sp³-hybridized carbons (Fsp3) is 0.611. The minimum absolute atomic E-state index is 0.558. The van der Waals surface area contributed by atoms with Gasteiger partial charge in [-0.1, -0.05) is 13.3 Å². The van der Waals surface area contributed by atoms with Crippen LogP contribution in [0.2, 0.25) is 0 Å². The molecule has 1 aromatic carbocycles. The number of hydrogen-bond acceptors (Lipinski definition) is 4. The lowest BCUT2D eigenvalue weighted by Gasteiger charge is -2.35. The van der Waals surface area contributed by atoms with Gasteiger partial charge in [-0.2, -0.15) is 0 Å². The molecule has 1 atom stereocenters. The summed E-state index contributed by atoms with van der Waals surface area (Å²) in [5.41, 5.74) is 0.609. The lowest BCUT2D eigenvalue weighted by Crippen LogP contribution is -2.41. The van der Waals surface area contributed by atoms with Gasteiger partial charge in [0.15, 0.2) is 11.5 Å². The van der Waals surface area contributed by atoms with Gasteiger partial charge in [0, 0.05) is 18.2 Å². The molecule has 0 spiro atoms. The second-order valence-corrected chi connectivity index (χ2v) is 5.70. The van der Waals surface area contributed by atoms with E-state index in [1.807, 2.05) is 13.0 Å². The van der Waals surface area contributed by atoms with Crippen molar-refractivity contribution in [3.8, 4) is 11.5 Å². The van der Waals surface area contributed by atoms with E-state index >= 15 is 0 Å². The van der Waals surface area contributed by atoms with Crippen LogP contribution < -0.4 is 9.47 Å². The van der Waals surface area contributed by atoms with Crippen LogP contribution in [0.15, 0.2) is 18.2 Å². The molecular formula is C18H27NO3. The quantitative estimate of drug-likeness (QED) is 0.689. The summed E-state index contributed by atoms with van der Waals surface area (Å²) in [6.07, 6.45) is 5.96. The number of aldehydes is 1. The summed E-state index contributed by atoms with van der Waals surface area (Å²) in [5.74, 6) is 1.37. The van der Waals surface area contributed by atoms with Crippen LogP contribution in [0.25, 0.3) is 0 Å². The van der Waals surface area contributed by atoms with Crippen molar-refractivity contribution >= 4 is 6.29 Å². The van der Waals surface area contributed by atoms with Crippen molar-refractivity contribution in [3.05, 3.63) is 23.8 Å². The standard InChI is InChI=1S/C18H27NO3/c1-3-16-7-5-6-10-19(16)11-12-22-17-9-8-15(14-20)13-18(17)21-4-2/h8-9,13-14,16H,3-7,10-12H2,1-2H3. The zero-order valence-corrected chi connectivity index (χ0v) is 13.7. The predicted molar refractivity (Wildman–Crippen MR) is 88.0 cm³/mol. The Labute approximate surface area is 133 Å². The number of likely N-dealkylation sites (tertiary alicyclic amines) is 1. The molecule has 122 valence electrons. The molecule has 2 rings (SSSR count). The Balaban J connectivity index is 1.91. The van der Waals surface area contributed by atoms with E-state index in [0.29, 0.717) is 30.6 Å². The first-order chi connectivity index (χ1) is 10.8. The van der Waals surface area contributed by atoms with Gasteiger partial charge in [0.05, 0.1) is 6.61 Å². The number of carbonyl (C=O) groups is 1. The molecule has 0 radical (unpaired) electrons. The molecule has 1 fully saturated rings. The second kappa shape index (κ2) is 8.79. The van der Waals surface area contributed by atoms with Crippen LogP contribution in [0.3, 0.4) is 0 Å². The first kappa shape index (κ1) is 16.8. The summed E-state index contributed by atoms with van der Waals surface area (Å²) >= 11 is 0. The molecule has 1 aliphatic rings. The average Bonchev–Trinajstić information content (AvgIpc) is 2.56. The van der Waals surface area contributed by atoms with Crippen LogP contribution in [-0.2, 0) is 0 Å². The third kappa shape index (κ3) is 4.47. The number of rotatable bonds is 8. The topological polar surface area (TPSA) is 38.8 Å². The van der Waals surface area contributed by atoms with Crippen molar-refractivity contribution in [2.45, 2.75) is 45.6 Å². The molecule has 4 nitrogen and oxygen atoms in total. The Morgan fingerprint density at radius 2 is 2.09 bits per heavy atom. The van der Waals surface area contributed by atoms with Crippen molar-refractivity contribution in [3.63, 3.8) is 0 Å². The summed E-state index contributed by atoms with van der Waals surface area (Å²) in [7, 11) is 0. The molecule has 0 amide bonds.